The highest BCUT2D eigenvalue weighted by Crippen LogP contribution is 2.37. The van der Waals surface area contributed by atoms with Crippen LogP contribution in [0.5, 0.6) is 11.5 Å². The quantitative estimate of drug-likeness (QED) is 0.619. The van der Waals surface area contributed by atoms with E-state index in [-0.39, 0.29) is 0 Å². The smallest absolute Gasteiger partial charge is 0.175 e. The Balaban J connectivity index is 1.89. The van der Waals surface area contributed by atoms with Crippen molar-refractivity contribution in [2.75, 3.05) is 14.2 Å². The van der Waals surface area contributed by atoms with Gasteiger partial charge in [-0.3, -0.25) is 4.68 Å². The summed E-state index contributed by atoms with van der Waals surface area (Å²) in [6.07, 6.45) is 0. The summed E-state index contributed by atoms with van der Waals surface area (Å²) < 4.78 is 12.7. The number of imidazole rings is 1. The molecule has 0 atom stereocenters. The number of aromatic amines is 1. The van der Waals surface area contributed by atoms with Crippen LogP contribution in [0, 0.1) is 0 Å². The molecule has 0 aliphatic rings. The van der Waals surface area contributed by atoms with Crippen LogP contribution in [-0.2, 0) is 7.05 Å². The molecule has 0 radical (unpaired) electrons. The van der Waals surface area contributed by atoms with E-state index in [1.165, 1.54) is 0 Å². The van der Waals surface area contributed by atoms with Crippen LogP contribution in [-0.4, -0.2) is 34.0 Å². The second-order valence-electron chi connectivity index (χ2n) is 5.69. The maximum absolute atomic E-state index is 5.68. The molecule has 0 aliphatic heterocycles. The highest BCUT2D eigenvalue weighted by atomic mass is 16.5. The van der Waals surface area contributed by atoms with Crippen molar-refractivity contribution in [2.24, 2.45) is 7.05 Å². The van der Waals surface area contributed by atoms with Gasteiger partial charge in [0.05, 0.1) is 25.3 Å². The van der Waals surface area contributed by atoms with Gasteiger partial charge in [-0.15, -0.1) is 0 Å². The summed E-state index contributed by atoms with van der Waals surface area (Å²) in [4.78, 5) is 8.02. The van der Waals surface area contributed by atoms with Crippen LogP contribution in [0.3, 0.4) is 0 Å². The lowest BCUT2D eigenvalue weighted by molar-refractivity contribution is 0.415. The third-order valence-electron chi connectivity index (χ3n) is 4.17. The van der Waals surface area contributed by atoms with E-state index >= 15 is 0 Å². The molecule has 2 aromatic carbocycles. The first-order valence-electron chi connectivity index (χ1n) is 7.92. The molecule has 6 heteroatoms. The molecule has 6 nitrogen and oxygen atoms in total. The Morgan fingerprint density at radius 2 is 1.80 bits per heavy atom. The average Bonchev–Trinajstić information content (AvgIpc) is 3.21. The monoisotopic (exact) mass is 334 g/mol. The first-order valence-corrected chi connectivity index (χ1v) is 7.92. The number of rotatable bonds is 4. The molecular formula is C19H18N4O2. The Morgan fingerprint density at radius 1 is 1.00 bits per heavy atom. The summed E-state index contributed by atoms with van der Waals surface area (Å²) in [5.74, 6) is 2.18. The molecule has 126 valence electrons. The first-order chi connectivity index (χ1) is 12.2. The van der Waals surface area contributed by atoms with Crippen molar-refractivity contribution in [2.45, 2.75) is 0 Å². The van der Waals surface area contributed by atoms with Crippen molar-refractivity contribution < 1.29 is 9.47 Å². The molecule has 0 amide bonds. The Bertz CT molecular complexity index is 1030. The molecule has 0 fully saturated rings. The zero-order chi connectivity index (χ0) is 17.4. The summed E-state index contributed by atoms with van der Waals surface area (Å²) in [6, 6.07) is 15.7. The van der Waals surface area contributed by atoms with Gasteiger partial charge in [0.15, 0.2) is 11.6 Å². The minimum atomic E-state index is 0.694. The first kappa shape index (κ1) is 15.3. The minimum Gasteiger partial charge on any atom is -0.497 e. The Kier molecular flexibility index (Phi) is 3.65. The van der Waals surface area contributed by atoms with Gasteiger partial charge < -0.3 is 14.5 Å². The number of benzene rings is 2. The predicted molar refractivity (Wildman–Crippen MR) is 96.8 cm³/mol. The molecule has 0 unspecified atom stereocenters. The largest absolute Gasteiger partial charge is 0.497 e. The molecule has 0 saturated heterocycles. The Morgan fingerprint density at radius 3 is 2.52 bits per heavy atom. The van der Waals surface area contributed by atoms with Gasteiger partial charge in [-0.05, 0) is 12.1 Å². The Hall–Kier alpha value is -3.28. The molecule has 2 aromatic heterocycles. The molecule has 0 spiro atoms. The molecule has 2 heterocycles. The average molecular weight is 334 g/mol. The van der Waals surface area contributed by atoms with Crippen molar-refractivity contribution in [3.8, 4) is 34.3 Å². The second-order valence-corrected chi connectivity index (χ2v) is 5.69. The highest BCUT2D eigenvalue weighted by Gasteiger charge is 2.22. The predicted octanol–water partition coefficient (Wildman–Crippen LogP) is 3.65. The number of methoxy groups -OCH3 is 2. The normalized spacial score (nSPS) is 11.0. The number of nitrogens with zero attached hydrogens (tertiary/aromatic N) is 3. The van der Waals surface area contributed by atoms with Gasteiger partial charge in [-0.1, -0.05) is 30.3 Å². The van der Waals surface area contributed by atoms with E-state index in [0.29, 0.717) is 11.6 Å². The van der Waals surface area contributed by atoms with Crippen LogP contribution in [0.25, 0.3) is 33.8 Å². The molecule has 4 rings (SSSR count). The van der Waals surface area contributed by atoms with Gasteiger partial charge in [-0.2, -0.15) is 5.10 Å². The van der Waals surface area contributed by atoms with Gasteiger partial charge in [0, 0.05) is 18.7 Å². The maximum atomic E-state index is 5.68. The number of hydrogen-bond acceptors (Lipinski definition) is 4. The Labute approximate surface area is 145 Å². The molecule has 4 aromatic rings. The van der Waals surface area contributed by atoms with E-state index in [1.54, 1.807) is 18.9 Å². The summed E-state index contributed by atoms with van der Waals surface area (Å²) in [7, 11) is 5.19. The van der Waals surface area contributed by atoms with Crippen molar-refractivity contribution in [3.05, 3.63) is 48.5 Å². The minimum absolute atomic E-state index is 0.694. The van der Waals surface area contributed by atoms with E-state index in [1.807, 2.05) is 55.6 Å². The summed E-state index contributed by atoms with van der Waals surface area (Å²) in [6.45, 7) is 0. The van der Waals surface area contributed by atoms with Crippen molar-refractivity contribution in [3.63, 3.8) is 0 Å². The fraction of sp³-hybridized carbons (Fsp3) is 0.158. The number of aromatic nitrogens is 4. The number of nitrogens with one attached hydrogen (secondary N) is 1. The van der Waals surface area contributed by atoms with Gasteiger partial charge >= 0.3 is 0 Å². The molecule has 0 bridgehead atoms. The molecule has 25 heavy (non-hydrogen) atoms. The van der Waals surface area contributed by atoms with Gasteiger partial charge in [0.25, 0.3) is 0 Å². The second kappa shape index (κ2) is 5.98. The number of aryl methyl sites for hydroxylation is 1. The van der Waals surface area contributed by atoms with Crippen LogP contribution < -0.4 is 9.47 Å². The third kappa shape index (κ3) is 2.52. The zero-order valence-electron chi connectivity index (χ0n) is 14.3. The van der Waals surface area contributed by atoms with Crippen LogP contribution in [0.1, 0.15) is 0 Å². The fourth-order valence-corrected chi connectivity index (χ4v) is 2.97. The SMILES string of the molecule is COc1ccc2nc(-c3c(OC)c(-c4ccccc4)nn3C)[nH]c2c1. The molecule has 1 N–H and O–H groups in total. The molecule has 0 aliphatic carbocycles. The van der Waals surface area contributed by atoms with E-state index in [0.717, 1.165) is 33.7 Å². The molecule has 0 saturated carbocycles. The number of fused-ring (bicyclic) bond motifs is 1. The lowest BCUT2D eigenvalue weighted by Gasteiger charge is -2.03. The van der Waals surface area contributed by atoms with Gasteiger partial charge in [0.1, 0.15) is 17.1 Å². The van der Waals surface area contributed by atoms with Gasteiger partial charge in [0.2, 0.25) is 0 Å². The van der Waals surface area contributed by atoms with E-state index in [9.17, 15) is 0 Å². The summed E-state index contributed by atoms with van der Waals surface area (Å²) >= 11 is 0. The number of hydrogen-bond donors (Lipinski definition) is 1. The van der Waals surface area contributed by atoms with Gasteiger partial charge in [-0.25, -0.2) is 4.98 Å². The van der Waals surface area contributed by atoms with Crippen LogP contribution in [0.15, 0.2) is 48.5 Å². The maximum Gasteiger partial charge on any atom is 0.175 e. The zero-order valence-corrected chi connectivity index (χ0v) is 14.3. The third-order valence-corrected chi connectivity index (χ3v) is 4.17. The van der Waals surface area contributed by atoms with Crippen LogP contribution >= 0.6 is 0 Å². The van der Waals surface area contributed by atoms with Crippen molar-refractivity contribution in [1.29, 1.82) is 0 Å². The number of H-pyrrole nitrogens is 1. The van der Waals surface area contributed by atoms with Crippen LogP contribution in [0.2, 0.25) is 0 Å². The summed E-state index contributed by atoms with van der Waals surface area (Å²) in [5, 5.41) is 4.64. The lowest BCUT2D eigenvalue weighted by Crippen LogP contribution is -1.96. The fourth-order valence-electron chi connectivity index (χ4n) is 2.97. The lowest BCUT2D eigenvalue weighted by atomic mass is 10.1. The van der Waals surface area contributed by atoms with Crippen molar-refractivity contribution in [1.82, 2.24) is 19.7 Å². The van der Waals surface area contributed by atoms with E-state index < -0.39 is 0 Å². The molecular weight excluding hydrogens is 316 g/mol. The summed E-state index contributed by atoms with van der Waals surface area (Å²) in [5.41, 5.74) is 4.35. The van der Waals surface area contributed by atoms with E-state index in [4.69, 9.17) is 9.47 Å². The van der Waals surface area contributed by atoms with Crippen molar-refractivity contribution >= 4 is 11.0 Å². The topological polar surface area (TPSA) is 65.0 Å². The number of ether oxygens (including phenoxy) is 2. The van der Waals surface area contributed by atoms with E-state index in [2.05, 4.69) is 15.1 Å². The standard InChI is InChI=1S/C19H18N4O2/c1-23-17(18(25-3)16(22-23)12-7-5-4-6-8-12)19-20-14-10-9-13(24-2)11-15(14)21-19/h4-11H,1-3H3,(H,20,21). The highest BCUT2D eigenvalue weighted by molar-refractivity contribution is 5.83. The van der Waals surface area contributed by atoms with Crippen LogP contribution in [0.4, 0.5) is 0 Å².